The van der Waals surface area contributed by atoms with Crippen molar-refractivity contribution in [1.29, 1.82) is 0 Å². The summed E-state index contributed by atoms with van der Waals surface area (Å²) in [6.07, 6.45) is 1.78. The highest BCUT2D eigenvalue weighted by Crippen LogP contribution is 2.21. The summed E-state index contributed by atoms with van der Waals surface area (Å²) in [6.45, 7) is 10.4. The van der Waals surface area contributed by atoms with E-state index in [9.17, 15) is 0 Å². The van der Waals surface area contributed by atoms with E-state index in [4.69, 9.17) is 0 Å². The van der Waals surface area contributed by atoms with E-state index >= 15 is 0 Å². The van der Waals surface area contributed by atoms with Gasteiger partial charge in [-0.15, -0.1) is 6.58 Å². The molecule has 0 radical (unpaired) electrons. The summed E-state index contributed by atoms with van der Waals surface area (Å²) < 4.78 is 0. The Kier molecular flexibility index (Phi) is 4.35. The number of aromatic nitrogens is 2. The summed E-state index contributed by atoms with van der Waals surface area (Å²) in [7, 11) is 0. The molecule has 0 amide bonds. The first-order chi connectivity index (χ1) is 9.58. The Morgan fingerprint density at radius 2 is 1.95 bits per heavy atom. The van der Waals surface area contributed by atoms with Crippen LogP contribution in [0.3, 0.4) is 0 Å². The van der Waals surface area contributed by atoms with Crippen molar-refractivity contribution in [1.82, 2.24) is 9.97 Å². The summed E-state index contributed by atoms with van der Waals surface area (Å²) in [5, 5.41) is 6.46. The number of benzene rings is 1. The summed E-state index contributed by atoms with van der Waals surface area (Å²) in [5.74, 6) is 1.40. The number of anilines is 3. The minimum Gasteiger partial charge on any atom is -0.351 e. The highest BCUT2D eigenvalue weighted by Gasteiger charge is 2.04. The van der Waals surface area contributed by atoms with Crippen LogP contribution in [0.5, 0.6) is 0 Å². The minimum absolute atomic E-state index is 0.609. The van der Waals surface area contributed by atoms with Crippen LogP contribution >= 0.6 is 0 Å². The predicted octanol–water partition coefficient (Wildman–Crippen LogP) is 3.74. The first-order valence-electron chi connectivity index (χ1n) is 6.63. The van der Waals surface area contributed by atoms with Crippen LogP contribution in [-0.2, 0) is 0 Å². The Hall–Kier alpha value is -2.36. The van der Waals surface area contributed by atoms with Gasteiger partial charge in [0.15, 0.2) is 0 Å². The van der Waals surface area contributed by atoms with Crippen molar-refractivity contribution in [3.63, 3.8) is 0 Å². The summed E-state index contributed by atoms with van der Waals surface area (Å²) in [5.41, 5.74) is 4.39. The van der Waals surface area contributed by atoms with Crippen LogP contribution in [0.15, 0.2) is 36.9 Å². The molecule has 4 heteroatoms. The van der Waals surface area contributed by atoms with E-state index in [0.29, 0.717) is 12.5 Å². The van der Waals surface area contributed by atoms with Crippen LogP contribution < -0.4 is 10.6 Å². The molecule has 1 aromatic carbocycles. The summed E-state index contributed by atoms with van der Waals surface area (Å²) in [4.78, 5) is 8.80. The van der Waals surface area contributed by atoms with Crippen molar-refractivity contribution in [2.24, 2.45) is 0 Å². The molecule has 0 aliphatic heterocycles. The molecule has 0 aliphatic carbocycles. The third-order valence-corrected chi connectivity index (χ3v) is 2.91. The fourth-order valence-corrected chi connectivity index (χ4v) is 1.88. The van der Waals surface area contributed by atoms with Gasteiger partial charge in [-0.1, -0.05) is 18.2 Å². The van der Waals surface area contributed by atoms with Gasteiger partial charge in [-0.25, -0.2) is 4.98 Å². The highest BCUT2D eigenvalue weighted by molar-refractivity contribution is 5.62. The number of hydrogen-bond acceptors (Lipinski definition) is 4. The van der Waals surface area contributed by atoms with Crippen LogP contribution in [0, 0.1) is 20.8 Å². The highest BCUT2D eigenvalue weighted by atomic mass is 15.1. The maximum atomic E-state index is 4.46. The van der Waals surface area contributed by atoms with Gasteiger partial charge in [0, 0.05) is 24.0 Å². The van der Waals surface area contributed by atoms with Gasteiger partial charge in [0.25, 0.3) is 0 Å². The van der Waals surface area contributed by atoms with Crippen LogP contribution in [0.1, 0.15) is 16.8 Å². The molecule has 0 saturated carbocycles. The standard InChI is InChI=1S/C16H20N4/c1-5-8-17-16-18-13(4)10-15(20-16)19-14-9-11(2)6-7-12(14)3/h5-7,9-10H,1,8H2,2-4H3,(H2,17,18,19,20). The molecule has 0 fully saturated rings. The van der Waals surface area contributed by atoms with E-state index in [-0.39, 0.29) is 0 Å². The molecule has 0 aliphatic rings. The molecule has 104 valence electrons. The van der Waals surface area contributed by atoms with E-state index in [1.54, 1.807) is 6.08 Å². The van der Waals surface area contributed by atoms with Crippen LogP contribution in [-0.4, -0.2) is 16.5 Å². The normalized spacial score (nSPS) is 10.2. The molecule has 0 bridgehead atoms. The third kappa shape index (κ3) is 3.57. The molecule has 1 aromatic heterocycles. The van der Waals surface area contributed by atoms with E-state index < -0.39 is 0 Å². The number of hydrogen-bond donors (Lipinski definition) is 2. The predicted molar refractivity (Wildman–Crippen MR) is 84.7 cm³/mol. The molecule has 1 heterocycles. The maximum Gasteiger partial charge on any atom is 0.225 e. The van der Waals surface area contributed by atoms with E-state index in [1.807, 2.05) is 13.0 Å². The lowest BCUT2D eigenvalue weighted by atomic mass is 10.1. The van der Waals surface area contributed by atoms with E-state index in [2.05, 4.69) is 59.2 Å². The summed E-state index contributed by atoms with van der Waals surface area (Å²) >= 11 is 0. The van der Waals surface area contributed by atoms with Crippen LogP contribution in [0.25, 0.3) is 0 Å². The fourth-order valence-electron chi connectivity index (χ4n) is 1.88. The molecular formula is C16H20N4. The van der Waals surface area contributed by atoms with Gasteiger partial charge in [-0.2, -0.15) is 4.98 Å². The van der Waals surface area contributed by atoms with Gasteiger partial charge in [-0.3, -0.25) is 0 Å². The summed E-state index contributed by atoms with van der Waals surface area (Å²) in [6, 6.07) is 8.25. The quantitative estimate of drug-likeness (QED) is 0.811. The lowest BCUT2D eigenvalue weighted by molar-refractivity contribution is 1.08. The number of rotatable bonds is 5. The van der Waals surface area contributed by atoms with Gasteiger partial charge in [0.05, 0.1) is 0 Å². The molecular weight excluding hydrogens is 248 g/mol. The fraction of sp³-hybridized carbons (Fsp3) is 0.250. The van der Waals surface area contributed by atoms with Gasteiger partial charge < -0.3 is 10.6 Å². The Morgan fingerprint density at radius 1 is 1.15 bits per heavy atom. The molecule has 0 saturated heterocycles. The van der Waals surface area contributed by atoms with Crippen molar-refractivity contribution in [3.8, 4) is 0 Å². The Balaban J connectivity index is 2.26. The molecule has 0 atom stereocenters. The zero-order valence-electron chi connectivity index (χ0n) is 12.2. The SMILES string of the molecule is C=CCNc1nc(C)cc(Nc2cc(C)ccc2C)n1. The molecule has 2 rings (SSSR count). The lowest BCUT2D eigenvalue weighted by Crippen LogP contribution is -2.06. The second kappa shape index (κ2) is 6.19. The van der Waals surface area contributed by atoms with E-state index in [1.165, 1.54) is 11.1 Å². The first kappa shape index (κ1) is 14.1. The van der Waals surface area contributed by atoms with Gasteiger partial charge in [-0.05, 0) is 38.0 Å². The van der Waals surface area contributed by atoms with Gasteiger partial charge in [0.2, 0.25) is 5.95 Å². The zero-order valence-corrected chi connectivity index (χ0v) is 12.2. The smallest absolute Gasteiger partial charge is 0.225 e. The Bertz CT molecular complexity index is 620. The first-order valence-corrected chi connectivity index (χ1v) is 6.63. The molecule has 4 nitrogen and oxygen atoms in total. The maximum absolute atomic E-state index is 4.46. The van der Waals surface area contributed by atoms with Crippen molar-refractivity contribution < 1.29 is 0 Å². The zero-order chi connectivity index (χ0) is 14.5. The van der Waals surface area contributed by atoms with Crippen LogP contribution in [0.4, 0.5) is 17.5 Å². The average molecular weight is 268 g/mol. The number of nitrogens with one attached hydrogen (secondary N) is 2. The largest absolute Gasteiger partial charge is 0.351 e. The molecule has 2 N–H and O–H groups in total. The number of aryl methyl sites for hydroxylation is 3. The lowest BCUT2D eigenvalue weighted by Gasteiger charge is -2.11. The minimum atomic E-state index is 0.609. The van der Waals surface area contributed by atoms with Gasteiger partial charge in [0.1, 0.15) is 5.82 Å². The number of nitrogens with zero attached hydrogens (tertiary/aromatic N) is 2. The van der Waals surface area contributed by atoms with Crippen LogP contribution in [0.2, 0.25) is 0 Å². The molecule has 2 aromatic rings. The van der Waals surface area contributed by atoms with Gasteiger partial charge >= 0.3 is 0 Å². The second-order valence-electron chi connectivity index (χ2n) is 4.83. The monoisotopic (exact) mass is 268 g/mol. The molecule has 0 unspecified atom stereocenters. The second-order valence-corrected chi connectivity index (χ2v) is 4.83. The van der Waals surface area contributed by atoms with E-state index in [0.717, 1.165) is 17.2 Å². The van der Waals surface area contributed by atoms with Crippen molar-refractivity contribution in [2.75, 3.05) is 17.2 Å². The molecule has 20 heavy (non-hydrogen) atoms. The Morgan fingerprint density at radius 3 is 2.70 bits per heavy atom. The van der Waals surface area contributed by atoms with Crippen molar-refractivity contribution in [3.05, 3.63) is 53.7 Å². The molecule has 0 spiro atoms. The third-order valence-electron chi connectivity index (χ3n) is 2.91. The Labute approximate surface area is 120 Å². The van der Waals surface area contributed by atoms with Crippen molar-refractivity contribution >= 4 is 17.5 Å². The average Bonchev–Trinajstić information content (AvgIpc) is 2.40. The van der Waals surface area contributed by atoms with Crippen molar-refractivity contribution in [2.45, 2.75) is 20.8 Å². The topological polar surface area (TPSA) is 49.8 Å².